The maximum atomic E-state index is 13.2. The number of carbonyl (C=O) groups is 1. The van der Waals surface area contributed by atoms with Crippen molar-refractivity contribution in [2.24, 2.45) is 0 Å². The van der Waals surface area contributed by atoms with Crippen LogP contribution in [0.2, 0.25) is 5.02 Å². The number of ether oxygens (including phenoxy) is 1. The molecule has 0 bridgehead atoms. The SMILES string of the molecule is O=C(Nc1ccnnc1)c1nccnc1N1CC(Oc2ccc(F)c(Cl)c2)C1. The van der Waals surface area contributed by atoms with Crippen LogP contribution in [0.3, 0.4) is 0 Å². The molecule has 28 heavy (non-hydrogen) atoms. The molecule has 0 saturated carbocycles. The predicted molar refractivity (Wildman–Crippen MR) is 100 cm³/mol. The second-order valence-electron chi connectivity index (χ2n) is 6.03. The number of nitrogens with one attached hydrogen (secondary N) is 1. The molecular weight excluding hydrogens is 387 g/mol. The molecule has 1 amide bonds. The summed E-state index contributed by atoms with van der Waals surface area (Å²) in [5.74, 6) is 0.0482. The van der Waals surface area contributed by atoms with E-state index in [0.717, 1.165) is 0 Å². The van der Waals surface area contributed by atoms with E-state index in [9.17, 15) is 9.18 Å². The third-order valence-corrected chi connectivity index (χ3v) is 4.37. The summed E-state index contributed by atoms with van der Waals surface area (Å²) in [5.41, 5.74) is 0.706. The van der Waals surface area contributed by atoms with Crippen molar-refractivity contribution in [2.75, 3.05) is 23.3 Å². The molecule has 10 heteroatoms. The Bertz CT molecular complexity index is 1000. The summed E-state index contributed by atoms with van der Waals surface area (Å²) in [6, 6.07) is 5.84. The molecule has 3 heterocycles. The van der Waals surface area contributed by atoms with E-state index in [2.05, 4.69) is 25.5 Å². The van der Waals surface area contributed by atoms with Crippen LogP contribution in [0.4, 0.5) is 15.9 Å². The Morgan fingerprint density at radius 1 is 1.18 bits per heavy atom. The van der Waals surface area contributed by atoms with Crippen molar-refractivity contribution in [3.63, 3.8) is 0 Å². The lowest BCUT2D eigenvalue weighted by molar-refractivity contribution is 0.102. The van der Waals surface area contributed by atoms with Gasteiger partial charge in [0.2, 0.25) is 0 Å². The quantitative estimate of drug-likeness (QED) is 0.703. The van der Waals surface area contributed by atoms with Crippen molar-refractivity contribution in [1.29, 1.82) is 0 Å². The van der Waals surface area contributed by atoms with Gasteiger partial charge in [-0.25, -0.2) is 14.4 Å². The molecule has 3 aromatic rings. The smallest absolute Gasteiger partial charge is 0.278 e. The maximum Gasteiger partial charge on any atom is 0.278 e. The van der Waals surface area contributed by atoms with Crippen LogP contribution in [0, 0.1) is 5.82 Å². The average molecular weight is 401 g/mol. The normalized spacial score (nSPS) is 13.7. The number of carbonyl (C=O) groups excluding carboxylic acids is 1. The lowest BCUT2D eigenvalue weighted by atomic mass is 10.1. The van der Waals surface area contributed by atoms with Gasteiger partial charge >= 0.3 is 0 Å². The van der Waals surface area contributed by atoms with Gasteiger partial charge in [0, 0.05) is 18.5 Å². The second kappa shape index (κ2) is 7.73. The van der Waals surface area contributed by atoms with Gasteiger partial charge in [-0.2, -0.15) is 10.2 Å². The van der Waals surface area contributed by atoms with E-state index in [-0.39, 0.29) is 16.8 Å². The van der Waals surface area contributed by atoms with E-state index >= 15 is 0 Å². The predicted octanol–water partition coefficient (Wildman–Crippen LogP) is 2.58. The third-order valence-electron chi connectivity index (χ3n) is 4.08. The van der Waals surface area contributed by atoms with Gasteiger partial charge in [0.25, 0.3) is 5.91 Å². The summed E-state index contributed by atoms with van der Waals surface area (Å²) in [5, 5.41) is 10.1. The van der Waals surface area contributed by atoms with Gasteiger partial charge in [0.1, 0.15) is 17.7 Å². The summed E-state index contributed by atoms with van der Waals surface area (Å²) in [7, 11) is 0. The molecule has 1 aliphatic heterocycles. The van der Waals surface area contributed by atoms with Crippen LogP contribution in [-0.2, 0) is 0 Å². The largest absolute Gasteiger partial charge is 0.487 e. The standard InChI is InChI=1S/C18H14ClFN6O2/c19-14-7-12(1-2-15(14)20)28-13-9-26(10-13)17-16(21-5-6-22-17)18(27)25-11-3-4-23-24-8-11/h1-8,13H,9-10H2,(H,23,25,27). The molecule has 0 unspecified atom stereocenters. The summed E-state index contributed by atoms with van der Waals surface area (Å²) in [6.07, 6.45) is 5.76. The van der Waals surface area contributed by atoms with Crippen LogP contribution in [0.1, 0.15) is 10.5 Å². The monoisotopic (exact) mass is 400 g/mol. The highest BCUT2D eigenvalue weighted by Gasteiger charge is 2.33. The first-order valence-corrected chi connectivity index (χ1v) is 8.73. The van der Waals surface area contributed by atoms with Crippen LogP contribution in [0.25, 0.3) is 0 Å². The lowest BCUT2D eigenvalue weighted by Gasteiger charge is -2.40. The Morgan fingerprint density at radius 2 is 2.00 bits per heavy atom. The Kier molecular flexibility index (Phi) is 4.98. The minimum Gasteiger partial charge on any atom is -0.487 e. The molecule has 8 nitrogen and oxygen atoms in total. The van der Waals surface area contributed by atoms with Crippen LogP contribution in [-0.4, -0.2) is 45.3 Å². The van der Waals surface area contributed by atoms with E-state index in [4.69, 9.17) is 16.3 Å². The first kappa shape index (κ1) is 18.1. The van der Waals surface area contributed by atoms with E-state index in [1.807, 2.05) is 4.90 Å². The van der Waals surface area contributed by atoms with Gasteiger partial charge in [-0.3, -0.25) is 4.79 Å². The highest BCUT2D eigenvalue weighted by atomic mass is 35.5. The number of hydrogen-bond donors (Lipinski definition) is 1. The fraction of sp³-hybridized carbons (Fsp3) is 0.167. The summed E-state index contributed by atoms with van der Waals surface area (Å²) in [4.78, 5) is 22.9. The van der Waals surface area contributed by atoms with Gasteiger partial charge in [0.15, 0.2) is 11.5 Å². The zero-order chi connectivity index (χ0) is 19.5. The molecular formula is C18H14ClFN6O2. The van der Waals surface area contributed by atoms with Crippen molar-refractivity contribution in [2.45, 2.75) is 6.10 Å². The average Bonchev–Trinajstić information content (AvgIpc) is 2.68. The molecule has 0 aliphatic carbocycles. The number of aromatic nitrogens is 4. The fourth-order valence-corrected chi connectivity index (χ4v) is 2.88. The van der Waals surface area contributed by atoms with Crippen LogP contribution in [0.5, 0.6) is 5.75 Å². The second-order valence-corrected chi connectivity index (χ2v) is 6.44. The van der Waals surface area contributed by atoms with E-state index in [1.165, 1.54) is 43.0 Å². The molecule has 142 valence electrons. The first-order valence-electron chi connectivity index (χ1n) is 8.36. The van der Waals surface area contributed by atoms with Gasteiger partial charge in [0.05, 0.1) is 36.2 Å². The van der Waals surface area contributed by atoms with E-state index in [0.29, 0.717) is 30.3 Å². The van der Waals surface area contributed by atoms with Crippen molar-refractivity contribution < 1.29 is 13.9 Å². The molecule has 0 radical (unpaired) electrons. The minimum absolute atomic E-state index is 0.00663. The molecule has 4 rings (SSSR count). The lowest BCUT2D eigenvalue weighted by Crippen LogP contribution is -2.54. The summed E-state index contributed by atoms with van der Waals surface area (Å²) < 4.78 is 19.0. The van der Waals surface area contributed by atoms with Crippen molar-refractivity contribution in [1.82, 2.24) is 20.2 Å². The van der Waals surface area contributed by atoms with Crippen molar-refractivity contribution in [3.05, 3.63) is 65.6 Å². The van der Waals surface area contributed by atoms with Crippen LogP contribution in [0.15, 0.2) is 49.1 Å². The van der Waals surface area contributed by atoms with E-state index < -0.39 is 11.7 Å². The van der Waals surface area contributed by atoms with Gasteiger partial charge in [-0.15, -0.1) is 0 Å². The molecule has 1 aromatic carbocycles. The number of hydrogen-bond acceptors (Lipinski definition) is 7. The number of amides is 1. The topological polar surface area (TPSA) is 93.1 Å². The molecule has 1 saturated heterocycles. The molecule has 1 fully saturated rings. The fourth-order valence-electron chi connectivity index (χ4n) is 2.71. The summed E-state index contributed by atoms with van der Waals surface area (Å²) in [6.45, 7) is 1.01. The molecule has 0 atom stereocenters. The first-order chi connectivity index (χ1) is 13.6. The summed E-state index contributed by atoms with van der Waals surface area (Å²) >= 11 is 5.77. The van der Waals surface area contributed by atoms with Crippen molar-refractivity contribution >= 4 is 29.0 Å². The molecule has 1 aliphatic rings. The van der Waals surface area contributed by atoms with Gasteiger partial charge < -0.3 is 15.0 Å². The maximum absolute atomic E-state index is 13.2. The zero-order valence-electron chi connectivity index (χ0n) is 14.4. The van der Waals surface area contributed by atoms with Crippen molar-refractivity contribution in [3.8, 4) is 5.75 Å². The Hall–Kier alpha value is -3.33. The molecule has 1 N–H and O–H groups in total. The molecule has 0 spiro atoms. The van der Waals surface area contributed by atoms with Crippen LogP contribution >= 0.6 is 11.6 Å². The third kappa shape index (κ3) is 3.84. The van der Waals surface area contributed by atoms with Gasteiger partial charge in [-0.1, -0.05) is 11.6 Å². The Balaban J connectivity index is 1.42. The minimum atomic E-state index is -0.496. The number of nitrogens with zero attached hydrogens (tertiary/aromatic N) is 5. The number of rotatable bonds is 5. The zero-order valence-corrected chi connectivity index (χ0v) is 15.2. The van der Waals surface area contributed by atoms with E-state index in [1.54, 1.807) is 6.07 Å². The van der Waals surface area contributed by atoms with Crippen LogP contribution < -0.4 is 15.0 Å². The van der Waals surface area contributed by atoms with Gasteiger partial charge in [-0.05, 0) is 18.2 Å². The Labute approximate surface area is 164 Å². The highest BCUT2D eigenvalue weighted by molar-refractivity contribution is 6.30. The Morgan fingerprint density at radius 3 is 2.75 bits per heavy atom. The highest BCUT2D eigenvalue weighted by Crippen LogP contribution is 2.27. The number of anilines is 2. The number of halogens is 2. The molecule has 2 aromatic heterocycles. The number of benzene rings is 1.